The van der Waals surface area contributed by atoms with Crippen LogP contribution in [0, 0.1) is 5.92 Å². The summed E-state index contributed by atoms with van der Waals surface area (Å²) >= 11 is 0. The molecule has 25 heavy (non-hydrogen) atoms. The number of hydrogen-bond acceptors (Lipinski definition) is 5. The molecule has 0 saturated heterocycles. The topological polar surface area (TPSA) is 107 Å². The number of carbonyl (C=O) groups is 2. The van der Waals surface area contributed by atoms with Gasteiger partial charge in [-0.3, -0.25) is 9.59 Å². The molecule has 0 fully saturated rings. The standard InChI is InChI=1S/C17H21N3O4.ClH/c1-12(9-18)10-19-16(21)11-24-14-5-2-4-13(8-14)20-17(22)15-6-3-7-23-15;/h2-8,12H,9-11,18H2,1H3,(H,19,21)(H,20,22);1H. The molecule has 0 bridgehead atoms. The molecule has 1 unspecified atom stereocenters. The van der Waals surface area contributed by atoms with Crippen molar-refractivity contribution in [3.63, 3.8) is 0 Å². The van der Waals surface area contributed by atoms with Crippen molar-refractivity contribution in [1.82, 2.24) is 5.32 Å². The fourth-order valence-electron chi connectivity index (χ4n) is 1.84. The summed E-state index contributed by atoms with van der Waals surface area (Å²) < 4.78 is 10.5. The number of rotatable bonds is 8. The van der Waals surface area contributed by atoms with Crippen LogP contribution in [0.2, 0.25) is 0 Å². The molecule has 8 heteroatoms. The minimum Gasteiger partial charge on any atom is -0.484 e. The van der Waals surface area contributed by atoms with Gasteiger partial charge in [-0.05, 0) is 36.7 Å². The first kappa shape index (κ1) is 20.5. The van der Waals surface area contributed by atoms with E-state index in [4.69, 9.17) is 14.9 Å². The summed E-state index contributed by atoms with van der Waals surface area (Å²) in [6.07, 6.45) is 1.43. The summed E-state index contributed by atoms with van der Waals surface area (Å²) in [6, 6.07) is 9.99. The Morgan fingerprint density at radius 2 is 2.08 bits per heavy atom. The molecule has 0 aliphatic heterocycles. The van der Waals surface area contributed by atoms with E-state index < -0.39 is 0 Å². The normalized spacial score (nSPS) is 11.1. The van der Waals surface area contributed by atoms with Crippen LogP contribution in [0.3, 0.4) is 0 Å². The van der Waals surface area contributed by atoms with Crippen LogP contribution in [0.4, 0.5) is 5.69 Å². The van der Waals surface area contributed by atoms with Gasteiger partial charge in [-0.15, -0.1) is 12.4 Å². The smallest absolute Gasteiger partial charge is 0.291 e. The third-order valence-corrected chi connectivity index (χ3v) is 3.26. The lowest BCUT2D eigenvalue weighted by Crippen LogP contribution is -2.34. The number of amides is 2. The van der Waals surface area contributed by atoms with Crippen molar-refractivity contribution in [2.24, 2.45) is 11.7 Å². The zero-order chi connectivity index (χ0) is 17.4. The van der Waals surface area contributed by atoms with Gasteiger partial charge in [0.25, 0.3) is 11.8 Å². The van der Waals surface area contributed by atoms with Gasteiger partial charge in [0.2, 0.25) is 0 Å². The minimum absolute atomic E-state index is 0. The highest BCUT2D eigenvalue weighted by molar-refractivity contribution is 6.02. The fourth-order valence-corrected chi connectivity index (χ4v) is 1.84. The number of benzene rings is 1. The molecular weight excluding hydrogens is 346 g/mol. The first-order valence-corrected chi connectivity index (χ1v) is 7.63. The molecule has 2 aromatic rings. The molecule has 2 rings (SSSR count). The predicted molar refractivity (Wildman–Crippen MR) is 97.1 cm³/mol. The minimum atomic E-state index is -0.356. The fraction of sp³-hybridized carbons (Fsp3) is 0.294. The molecule has 1 aromatic carbocycles. The Bertz CT molecular complexity index is 676. The lowest BCUT2D eigenvalue weighted by atomic mass is 10.2. The number of furan rings is 1. The second-order valence-corrected chi connectivity index (χ2v) is 5.39. The Labute approximate surface area is 152 Å². The second-order valence-electron chi connectivity index (χ2n) is 5.39. The van der Waals surface area contributed by atoms with Crippen LogP contribution in [0.5, 0.6) is 5.75 Å². The number of halogens is 1. The van der Waals surface area contributed by atoms with E-state index in [9.17, 15) is 9.59 Å². The van der Waals surface area contributed by atoms with E-state index in [1.165, 1.54) is 6.26 Å². The number of hydrogen-bond donors (Lipinski definition) is 3. The molecule has 0 saturated carbocycles. The highest BCUT2D eigenvalue weighted by Crippen LogP contribution is 2.18. The monoisotopic (exact) mass is 367 g/mol. The molecule has 1 heterocycles. The van der Waals surface area contributed by atoms with Crippen molar-refractivity contribution in [2.75, 3.05) is 25.0 Å². The summed E-state index contributed by atoms with van der Waals surface area (Å²) in [5.74, 6) is 0.337. The van der Waals surface area contributed by atoms with Crippen molar-refractivity contribution in [2.45, 2.75) is 6.92 Å². The molecule has 2 amide bonds. The zero-order valence-electron chi connectivity index (χ0n) is 13.9. The van der Waals surface area contributed by atoms with Gasteiger partial charge in [0.15, 0.2) is 12.4 Å². The van der Waals surface area contributed by atoms with E-state index in [1.54, 1.807) is 36.4 Å². The summed E-state index contributed by atoms with van der Waals surface area (Å²) in [5, 5.41) is 5.44. The van der Waals surface area contributed by atoms with Gasteiger partial charge < -0.3 is 25.5 Å². The number of ether oxygens (including phenoxy) is 1. The molecule has 0 radical (unpaired) electrons. The third-order valence-electron chi connectivity index (χ3n) is 3.26. The van der Waals surface area contributed by atoms with Gasteiger partial charge in [0.1, 0.15) is 5.75 Å². The van der Waals surface area contributed by atoms with Crippen molar-refractivity contribution in [3.8, 4) is 5.75 Å². The van der Waals surface area contributed by atoms with Gasteiger partial charge >= 0.3 is 0 Å². The maximum Gasteiger partial charge on any atom is 0.291 e. The highest BCUT2D eigenvalue weighted by Gasteiger charge is 2.10. The van der Waals surface area contributed by atoms with Crippen molar-refractivity contribution in [1.29, 1.82) is 0 Å². The van der Waals surface area contributed by atoms with Gasteiger partial charge in [-0.25, -0.2) is 0 Å². The van der Waals surface area contributed by atoms with Crippen LogP contribution in [0.15, 0.2) is 47.1 Å². The van der Waals surface area contributed by atoms with E-state index in [0.717, 1.165) is 0 Å². The van der Waals surface area contributed by atoms with Crippen LogP contribution in [-0.4, -0.2) is 31.5 Å². The van der Waals surface area contributed by atoms with E-state index in [-0.39, 0.29) is 42.5 Å². The summed E-state index contributed by atoms with van der Waals surface area (Å²) in [7, 11) is 0. The zero-order valence-corrected chi connectivity index (χ0v) is 14.7. The molecule has 4 N–H and O–H groups in total. The summed E-state index contributed by atoms with van der Waals surface area (Å²) in [5.41, 5.74) is 6.04. The largest absolute Gasteiger partial charge is 0.484 e. The molecule has 7 nitrogen and oxygen atoms in total. The quantitative estimate of drug-likeness (QED) is 0.662. The molecule has 136 valence electrons. The van der Waals surface area contributed by atoms with Gasteiger partial charge in [0, 0.05) is 18.3 Å². The Kier molecular flexibility index (Phi) is 8.52. The second kappa shape index (κ2) is 10.4. The van der Waals surface area contributed by atoms with Crippen LogP contribution in [-0.2, 0) is 4.79 Å². The van der Waals surface area contributed by atoms with E-state index in [0.29, 0.717) is 24.5 Å². The number of nitrogens with two attached hydrogens (primary N) is 1. The number of nitrogens with one attached hydrogen (secondary N) is 2. The molecule has 1 atom stereocenters. The number of carbonyl (C=O) groups excluding carboxylic acids is 2. The third kappa shape index (κ3) is 6.86. The maximum absolute atomic E-state index is 11.9. The molecule has 0 spiro atoms. The maximum atomic E-state index is 11.9. The van der Waals surface area contributed by atoms with Crippen LogP contribution in [0.1, 0.15) is 17.5 Å². The predicted octanol–water partition coefficient (Wildman–Crippen LogP) is 2.04. The number of anilines is 1. The van der Waals surface area contributed by atoms with Crippen LogP contribution in [0.25, 0.3) is 0 Å². The van der Waals surface area contributed by atoms with Crippen molar-refractivity contribution >= 4 is 29.9 Å². The van der Waals surface area contributed by atoms with E-state index in [2.05, 4.69) is 10.6 Å². The Hall–Kier alpha value is -2.51. The van der Waals surface area contributed by atoms with Crippen LogP contribution < -0.4 is 21.1 Å². The molecule has 1 aromatic heterocycles. The Balaban J connectivity index is 0.00000312. The van der Waals surface area contributed by atoms with Crippen molar-refractivity contribution < 1.29 is 18.7 Å². The summed E-state index contributed by atoms with van der Waals surface area (Å²) in [6.45, 7) is 2.87. The van der Waals surface area contributed by atoms with Gasteiger partial charge in [-0.2, -0.15) is 0 Å². The SMILES string of the molecule is CC(CN)CNC(=O)COc1cccc(NC(=O)c2ccco2)c1.Cl. The Morgan fingerprint density at radius 3 is 2.76 bits per heavy atom. The Morgan fingerprint density at radius 1 is 1.28 bits per heavy atom. The average Bonchev–Trinajstić information content (AvgIpc) is 3.13. The average molecular weight is 368 g/mol. The molecule has 0 aliphatic rings. The molecular formula is C17H22ClN3O4. The summed E-state index contributed by atoms with van der Waals surface area (Å²) in [4.78, 5) is 23.6. The van der Waals surface area contributed by atoms with Gasteiger partial charge in [0.05, 0.1) is 6.26 Å². The van der Waals surface area contributed by atoms with E-state index in [1.807, 2.05) is 6.92 Å². The van der Waals surface area contributed by atoms with Gasteiger partial charge in [-0.1, -0.05) is 13.0 Å². The lowest BCUT2D eigenvalue weighted by Gasteiger charge is -2.11. The molecule has 0 aliphatic carbocycles. The van der Waals surface area contributed by atoms with E-state index >= 15 is 0 Å². The van der Waals surface area contributed by atoms with Crippen molar-refractivity contribution in [3.05, 3.63) is 48.4 Å². The first-order valence-electron chi connectivity index (χ1n) is 7.63. The van der Waals surface area contributed by atoms with Crippen LogP contribution >= 0.6 is 12.4 Å². The first-order chi connectivity index (χ1) is 11.6. The lowest BCUT2D eigenvalue weighted by molar-refractivity contribution is -0.123. The highest BCUT2D eigenvalue weighted by atomic mass is 35.5.